The summed E-state index contributed by atoms with van der Waals surface area (Å²) < 4.78 is 9.89. The van der Waals surface area contributed by atoms with Crippen LogP contribution in [-0.2, 0) is 4.74 Å². The van der Waals surface area contributed by atoms with Gasteiger partial charge in [0.1, 0.15) is 11.5 Å². The third-order valence-corrected chi connectivity index (χ3v) is 3.30. The van der Waals surface area contributed by atoms with Crippen molar-refractivity contribution in [3.8, 4) is 11.5 Å². The van der Waals surface area contributed by atoms with Gasteiger partial charge in [0.2, 0.25) is 0 Å². The van der Waals surface area contributed by atoms with E-state index >= 15 is 0 Å². The van der Waals surface area contributed by atoms with E-state index in [0.717, 1.165) is 12.1 Å². The second-order valence-electron chi connectivity index (χ2n) is 4.80. The van der Waals surface area contributed by atoms with E-state index in [2.05, 4.69) is 4.74 Å². The number of hydrogen-bond donors (Lipinski definition) is 2. The molecule has 1 aliphatic rings. The van der Waals surface area contributed by atoms with Gasteiger partial charge in [0, 0.05) is 0 Å². The van der Waals surface area contributed by atoms with Crippen LogP contribution in [-0.4, -0.2) is 34.1 Å². The molecule has 0 saturated carbocycles. The van der Waals surface area contributed by atoms with Gasteiger partial charge >= 0.3 is 23.9 Å². The van der Waals surface area contributed by atoms with E-state index in [0.29, 0.717) is 0 Å². The van der Waals surface area contributed by atoms with E-state index in [-0.39, 0.29) is 28.2 Å². The molecule has 0 spiro atoms. The Morgan fingerprint density at radius 3 is 2.04 bits per heavy atom. The topological polar surface area (TPSA) is 127 Å². The van der Waals surface area contributed by atoms with Crippen molar-refractivity contribution in [3.63, 3.8) is 0 Å². The summed E-state index contributed by atoms with van der Waals surface area (Å²) in [4.78, 5) is 45.0. The summed E-state index contributed by atoms with van der Waals surface area (Å²) >= 11 is 0. The van der Waals surface area contributed by atoms with Gasteiger partial charge in [-0.1, -0.05) is 0 Å². The first-order valence-corrected chi connectivity index (χ1v) is 6.56. The van der Waals surface area contributed by atoms with Crippen LogP contribution in [0.4, 0.5) is 0 Å². The number of ether oxygens (including phenoxy) is 2. The Kier molecular flexibility index (Phi) is 3.49. The van der Waals surface area contributed by atoms with Gasteiger partial charge in [0.25, 0.3) is 0 Å². The fourth-order valence-corrected chi connectivity index (χ4v) is 2.21. The van der Waals surface area contributed by atoms with Crippen LogP contribution in [0.1, 0.15) is 41.4 Å². The van der Waals surface area contributed by atoms with Crippen LogP contribution < -0.4 is 4.74 Å². The zero-order chi connectivity index (χ0) is 17.4. The second kappa shape index (κ2) is 5.51. The summed E-state index contributed by atoms with van der Waals surface area (Å²) in [5.74, 6) is -4.11. The molecule has 2 N–H and O–H groups in total. The lowest BCUT2D eigenvalue weighted by Crippen LogP contribution is -2.08. The van der Waals surface area contributed by atoms with Crippen molar-refractivity contribution in [2.75, 3.05) is 0 Å². The van der Waals surface area contributed by atoms with Crippen LogP contribution in [0.25, 0.3) is 0 Å². The molecule has 0 aromatic heterocycles. The van der Waals surface area contributed by atoms with Gasteiger partial charge in [-0.2, -0.15) is 0 Å². The van der Waals surface area contributed by atoms with Crippen molar-refractivity contribution in [1.29, 1.82) is 0 Å². The molecule has 0 fully saturated rings. The molecule has 3 rings (SSSR count). The molecule has 8 nitrogen and oxygen atoms in total. The lowest BCUT2D eigenvalue weighted by molar-refractivity contribution is 0.0442. The van der Waals surface area contributed by atoms with Crippen LogP contribution in [0.15, 0.2) is 36.4 Å². The molecule has 2 aromatic carbocycles. The molecule has 0 unspecified atom stereocenters. The highest BCUT2D eigenvalue weighted by atomic mass is 16.6. The van der Waals surface area contributed by atoms with Gasteiger partial charge in [0.15, 0.2) is 0 Å². The van der Waals surface area contributed by atoms with Crippen molar-refractivity contribution in [3.05, 3.63) is 58.7 Å². The smallest absolute Gasteiger partial charge is 0.347 e. The standard InChI is InChI=1S/C16H8O8/c17-13(18)9-3-1-7(5-11(9)14(19)20)23-8-2-4-10-12(6-8)16(22)24-15(10)21/h1-6H,(H,17,18)(H,19,20). The first-order valence-electron chi connectivity index (χ1n) is 6.56. The van der Waals surface area contributed by atoms with Gasteiger partial charge in [0.05, 0.1) is 22.3 Å². The maximum Gasteiger partial charge on any atom is 0.347 e. The summed E-state index contributed by atoms with van der Waals surface area (Å²) in [5.41, 5.74) is -0.661. The molecule has 1 heterocycles. The van der Waals surface area contributed by atoms with E-state index < -0.39 is 29.4 Å². The Hall–Kier alpha value is -3.68. The van der Waals surface area contributed by atoms with Gasteiger partial charge in [-0.15, -0.1) is 0 Å². The minimum absolute atomic E-state index is 0.0399. The van der Waals surface area contributed by atoms with Crippen molar-refractivity contribution < 1.29 is 38.9 Å². The number of cyclic esters (lactones) is 2. The Bertz CT molecular complexity index is 912. The minimum Gasteiger partial charge on any atom is -0.478 e. The predicted octanol–water partition coefficient (Wildman–Crippen LogP) is 2.19. The highest BCUT2D eigenvalue weighted by Crippen LogP contribution is 2.29. The zero-order valence-electron chi connectivity index (χ0n) is 11.8. The summed E-state index contributed by atoms with van der Waals surface area (Å²) in [6.07, 6.45) is 0. The van der Waals surface area contributed by atoms with Crippen molar-refractivity contribution in [2.45, 2.75) is 0 Å². The molecular weight excluding hydrogens is 320 g/mol. The second-order valence-corrected chi connectivity index (χ2v) is 4.80. The molecular formula is C16H8O8. The first-order chi connectivity index (χ1) is 11.4. The average Bonchev–Trinajstić information content (AvgIpc) is 2.81. The largest absolute Gasteiger partial charge is 0.478 e. The Labute approximate surface area is 133 Å². The number of benzene rings is 2. The molecule has 1 aliphatic heterocycles. The van der Waals surface area contributed by atoms with Crippen molar-refractivity contribution in [2.24, 2.45) is 0 Å². The number of esters is 2. The highest BCUT2D eigenvalue weighted by molar-refractivity contribution is 6.14. The Morgan fingerprint density at radius 1 is 0.792 bits per heavy atom. The zero-order valence-corrected chi connectivity index (χ0v) is 11.8. The van der Waals surface area contributed by atoms with Crippen LogP contribution in [0.2, 0.25) is 0 Å². The number of hydrogen-bond acceptors (Lipinski definition) is 6. The predicted molar refractivity (Wildman–Crippen MR) is 76.6 cm³/mol. The van der Waals surface area contributed by atoms with Crippen molar-refractivity contribution in [1.82, 2.24) is 0 Å². The molecule has 0 aliphatic carbocycles. The number of rotatable bonds is 4. The quantitative estimate of drug-likeness (QED) is 0.646. The average molecular weight is 328 g/mol. The molecule has 0 bridgehead atoms. The van der Waals surface area contributed by atoms with Crippen LogP contribution >= 0.6 is 0 Å². The number of aromatic carboxylic acids is 2. The highest BCUT2D eigenvalue weighted by Gasteiger charge is 2.30. The Morgan fingerprint density at radius 2 is 1.38 bits per heavy atom. The number of carbonyl (C=O) groups excluding carboxylic acids is 2. The third kappa shape index (κ3) is 2.56. The molecule has 0 atom stereocenters. The normalized spacial score (nSPS) is 12.5. The molecule has 2 aromatic rings. The van der Waals surface area contributed by atoms with Gasteiger partial charge in [-0.05, 0) is 36.4 Å². The summed E-state index contributed by atoms with van der Waals surface area (Å²) in [5, 5.41) is 18.0. The van der Waals surface area contributed by atoms with Crippen LogP contribution in [0.5, 0.6) is 11.5 Å². The van der Waals surface area contributed by atoms with E-state index in [1.807, 2.05) is 0 Å². The molecule has 24 heavy (non-hydrogen) atoms. The Balaban J connectivity index is 1.95. The van der Waals surface area contributed by atoms with Gasteiger partial charge in [-0.3, -0.25) is 0 Å². The molecule has 0 saturated heterocycles. The lowest BCUT2D eigenvalue weighted by Gasteiger charge is -2.08. The molecule has 120 valence electrons. The monoisotopic (exact) mass is 328 g/mol. The lowest BCUT2D eigenvalue weighted by atomic mass is 10.1. The van der Waals surface area contributed by atoms with Crippen LogP contribution in [0.3, 0.4) is 0 Å². The van der Waals surface area contributed by atoms with E-state index in [9.17, 15) is 19.2 Å². The van der Waals surface area contributed by atoms with Crippen LogP contribution in [0, 0.1) is 0 Å². The van der Waals surface area contributed by atoms with E-state index in [1.54, 1.807) is 0 Å². The maximum absolute atomic E-state index is 11.5. The third-order valence-electron chi connectivity index (χ3n) is 3.30. The van der Waals surface area contributed by atoms with Crippen molar-refractivity contribution >= 4 is 23.9 Å². The number of fused-ring (bicyclic) bond motifs is 1. The van der Waals surface area contributed by atoms with Gasteiger partial charge in [-0.25, -0.2) is 19.2 Å². The SMILES string of the molecule is O=C(O)c1ccc(Oc2ccc3c(c2)C(=O)OC3=O)cc1C(=O)O. The summed E-state index contributed by atoms with van der Waals surface area (Å²) in [6, 6.07) is 7.49. The fourth-order valence-electron chi connectivity index (χ4n) is 2.21. The van der Waals surface area contributed by atoms with E-state index in [4.69, 9.17) is 14.9 Å². The number of carboxylic acid groups (broad SMARTS) is 2. The minimum atomic E-state index is -1.42. The van der Waals surface area contributed by atoms with E-state index in [1.165, 1.54) is 24.3 Å². The number of carboxylic acids is 2. The summed E-state index contributed by atoms with van der Waals surface area (Å²) in [6.45, 7) is 0. The number of carbonyl (C=O) groups is 4. The van der Waals surface area contributed by atoms with Gasteiger partial charge < -0.3 is 19.7 Å². The molecule has 0 amide bonds. The maximum atomic E-state index is 11.5. The summed E-state index contributed by atoms with van der Waals surface area (Å²) in [7, 11) is 0. The molecule has 8 heteroatoms. The first kappa shape index (κ1) is 15.2. The fraction of sp³-hybridized carbons (Fsp3) is 0. The molecule has 0 radical (unpaired) electrons.